The van der Waals surface area contributed by atoms with Gasteiger partial charge in [0.15, 0.2) is 0 Å². The Hall–Kier alpha value is -1.09. The largest absolute Gasteiger partial charge is 0.328 e. The van der Waals surface area contributed by atoms with Gasteiger partial charge in [0.2, 0.25) is 0 Å². The van der Waals surface area contributed by atoms with Gasteiger partial charge >= 0.3 is 0 Å². The van der Waals surface area contributed by atoms with Gasteiger partial charge in [0.05, 0.1) is 27.2 Å². The monoisotopic (exact) mass is 219 g/mol. The highest BCUT2D eigenvalue weighted by molar-refractivity contribution is 5.15. The van der Waals surface area contributed by atoms with Gasteiger partial charge in [0.25, 0.3) is 5.56 Å². The van der Waals surface area contributed by atoms with Gasteiger partial charge in [-0.2, -0.15) is 0 Å². The first-order valence-corrected chi connectivity index (χ1v) is 6.07. The minimum atomic E-state index is 0.180. The predicted molar refractivity (Wildman–Crippen MR) is 63.4 cm³/mol. The van der Waals surface area contributed by atoms with Crippen LogP contribution < -0.4 is 5.56 Å². The average molecular weight is 219 g/mol. The Kier molecular flexibility index (Phi) is 2.02. The minimum Gasteiger partial charge on any atom is -0.328 e. The highest BCUT2D eigenvalue weighted by Crippen LogP contribution is 2.36. The summed E-state index contributed by atoms with van der Waals surface area (Å²) in [5.74, 6) is 1.26. The molecule has 0 radical (unpaired) electrons. The van der Waals surface area contributed by atoms with Crippen molar-refractivity contribution in [1.82, 2.24) is 4.57 Å². The second-order valence-corrected chi connectivity index (χ2v) is 6.00. The average Bonchev–Trinajstić information content (AvgIpc) is 2.17. The zero-order chi connectivity index (χ0) is 11.3. The van der Waals surface area contributed by atoms with Gasteiger partial charge < -0.3 is 9.05 Å². The number of hydrogen-bond donors (Lipinski definition) is 0. The lowest BCUT2D eigenvalue weighted by Gasteiger charge is -2.45. The zero-order valence-electron chi connectivity index (χ0n) is 10.0. The van der Waals surface area contributed by atoms with Crippen molar-refractivity contribution in [3.63, 3.8) is 0 Å². The molecule has 3 rings (SSSR count). The van der Waals surface area contributed by atoms with Crippen LogP contribution in [0.1, 0.15) is 18.0 Å². The Morgan fingerprint density at radius 2 is 2.12 bits per heavy atom. The summed E-state index contributed by atoms with van der Waals surface area (Å²) in [6.45, 7) is 3.30. The summed E-state index contributed by atoms with van der Waals surface area (Å²) in [5, 5.41) is 0. The maximum Gasteiger partial charge on any atom is 0.250 e. The summed E-state index contributed by atoms with van der Waals surface area (Å²) in [6, 6.07) is 5.72. The van der Waals surface area contributed by atoms with Crippen molar-refractivity contribution in [2.75, 3.05) is 27.2 Å². The van der Waals surface area contributed by atoms with Gasteiger partial charge in [-0.15, -0.1) is 0 Å². The fraction of sp³-hybridized carbons (Fsp3) is 0.615. The molecule has 0 aliphatic carbocycles. The normalized spacial score (nSPS) is 30.9. The lowest BCUT2D eigenvalue weighted by Crippen LogP contribution is -2.54. The van der Waals surface area contributed by atoms with Crippen LogP contribution in [0, 0.1) is 5.92 Å². The third-order valence-corrected chi connectivity index (χ3v) is 4.03. The highest BCUT2D eigenvalue weighted by atomic mass is 16.1. The molecule has 86 valence electrons. The van der Waals surface area contributed by atoms with Crippen molar-refractivity contribution in [1.29, 1.82) is 0 Å². The molecule has 1 fully saturated rings. The van der Waals surface area contributed by atoms with E-state index in [1.54, 1.807) is 6.07 Å². The van der Waals surface area contributed by atoms with Gasteiger partial charge in [0.1, 0.15) is 0 Å². The van der Waals surface area contributed by atoms with Gasteiger partial charge in [-0.3, -0.25) is 4.79 Å². The molecular weight excluding hydrogens is 200 g/mol. The van der Waals surface area contributed by atoms with Crippen LogP contribution in [-0.2, 0) is 6.54 Å². The molecule has 2 aliphatic heterocycles. The number of quaternary nitrogens is 1. The fourth-order valence-electron chi connectivity index (χ4n) is 3.61. The van der Waals surface area contributed by atoms with Crippen LogP contribution in [0.2, 0.25) is 0 Å². The molecule has 2 atom stereocenters. The first-order valence-electron chi connectivity index (χ1n) is 6.07. The first-order chi connectivity index (χ1) is 7.55. The molecule has 0 spiro atoms. The van der Waals surface area contributed by atoms with E-state index in [2.05, 4.69) is 20.2 Å². The van der Waals surface area contributed by atoms with E-state index in [0.29, 0.717) is 11.8 Å². The number of hydrogen-bond acceptors (Lipinski definition) is 1. The van der Waals surface area contributed by atoms with E-state index in [1.807, 2.05) is 10.6 Å². The van der Waals surface area contributed by atoms with E-state index < -0.39 is 0 Å². The van der Waals surface area contributed by atoms with Gasteiger partial charge in [0, 0.05) is 30.1 Å². The Bertz CT molecular complexity index is 475. The smallest absolute Gasteiger partial charge is 0.250 e. The Morgan fingerprint density at radius 1 is 1.31 bits per heavy atom. The summed E-state index contributed by atoms with van der Waals surface area (Å²) in [6.07, 6.45) is 1.27. The standard InChI is InChI=1S/C13H19N2O/c1-15(2)8-10-6-11(9-15)12-4-3-5-13(16)14(12)7-10/h3-5,10-11H,6-9H2,1-2H3/q+1/t10-,11-/m0/s1. The van der Waals surface area contributed by atoms with Crippen LogP contribution in [-0.4, -0.2) is 36.2 Å². The Balaban J connectivity index is 2.09. The molecule has 1 aromatic rings. The summed E-state index contributed by atoms with van der Waals surface area (Å²) >= 11 is 0. The zero-order valence-corrected chi connectivity index (χ0v) is 10.0. The minimum absolute atomic E-state index is 0.180. The summed E-state index contributed by atoms with van der Waals surface area (Å²) in [7, 11) is 4.60. The number of aromatic nitrogens is 1. The quantitative estimate of drug-likeness (QED) is 0.598. The van der Waals surface area contributed by atoms with Gasteiger partial charge in [-0.1, -0.05) is 6.07 Å². The number of piperidine rings is 1. The molecule has 1 saturated heterocycles. The topological polar surface area (TPSA) is 22.0 Å². The molecule has 3 nitrogen and oxygen atoms in total. The molecule has 0 unspecified atom stereocenters. The molecule has 0 N–H and O–H groups in total. The molecule has 2 aliphatic rings. The van der Waals surface area contributed by atoms with Crippen LogP contribution in [0.5, 0.6) is 0 Å². The number of rotatable bonds is 0. The van der Waals surface area contributed by atoms with E-state index >= 15 is 0 Å². The fourth-order valence-corrected chi connectivity index (χ4v) is 3.61. The maximum atomic E-state index is 11.8. The number of likely N-dealkylation sites (N-methyl/N-ethyl adjacent to an activating group) is 1. The van der Waals surface area contributed by atoms with E-state index in [-0.39, 0.29) is 5.56 Å². The number of fused-ring (bicyclic) bond motifs is 4. The van der Waals surface area contributed by atoms with E-state index in [1.165, 1.54) is 25.2 Å². The second-order valence-electron chi connectivity index (χ2n) is 6.00. The van der Waals surface area contributed by atoms with Crippen molar-refractivity contribution < 1.29 is 4.48 Å². The molecule has 0 amide bonds. The lowest BCUT2D eigenvalue weighted by molar-refractivity contribution is -0.901. The molecule has 3 heterocycles. The summed E-state index contributed by atoms with van der Waals surface area (Å²) in [5.41, 5.74) is 1.44. The van der Waals surface area contributed by atoms with Crippen LogP contribution in [0.4, 0.5) is 0 Å². The van der Waals surface area contributed by atoms with Crippen molar-refractivity contribution in [3.05, 3.63) is 34.2 Å². The molecule has 3 heteroatoms. The summed E-state index contributed by atoms with van der Waals surface area (Å²) < 4.78 is 3.09. The van der Waals surface area contributed by atoms with Crippen molar-refractivity contribution in [2.45, 2.75) is 18.9 Å². The Labute approximate surface area is 95.9 Å². The van der Waals surface area contributed by atoms with E-state index in [9.17, 15) is 4.79 Å². The second kappa shape index (κ2) is 3.20. The molecule has 0 saturated carbocycles. The molecule has 0 aromatic carbocycles. The van der Waals surface area contributed by atoms with Crippen LogP contribution in [0.3, 0.4) is 0 Å². The predicted octanol–water partition coefficient (Wildman–Crippen LogP) is 1.04. The van der Waals surface area contributed by atoms with E-state index in [0.717, 1.165) is 11.0 Å². The maximum absolute atomic E-state index is 11.8. The third-order valence-electron chi connectivity index (χ3n) is 4.03. The summed E-state index contributed by atoms with van der Waals surface area (Å²) in [4.78, 5) is 11.8. The number of likely N-dealkylation sites (tertiary alicyclic amines) is 1. The van der Waals surface area contributed by atoms with Crippen molar-refractivity contribution in [2.24, 2.45) is 5.92 Å². The van der Waals surface area contributed by atoms with Crippen molar-refractivity contribution >= 4 is 0 Å². The van der Waals surface area contributed by atoms with Crippen molar-refractivity contribution in [3.8, 4) is 0 Å². The van der Waals surface area contributed by atoms with Gasteiger partial charge in [-0.05, 0) is 12.5 Å². The van der Waals surface area contributed by atoms with Crippen LogP contribution >= 0.6 is 0 Å². The molecule has 1 aromatic heterocycles. The first kappa shape index (κ1) is 10.1. The number of nitrogens with zero attached hydrogens (tertiary/aromatic N) is 2. The Morgan fingerprint density at radius 3 is 2.94 bits per heavy atom. The van der Waals surface area contributed by atoms with Gasteiger partial charge in [-0.25, -0.2) is 0 Å². The van der Waals surface area contributed by atoms with Crippen LogP contribution in [0.15, 0.2) is 23.0 Å². The number of pyridine rings is 1. The van der Waals surface area contributed by atoms with Crippen LogP contribution in [0.25, 0.3) is 0 Å². The molecular formula is C13H19N2O+. The van der Waals surface area contributed by atoms with E-state index in [4.69, 9.17) is 0 Å². The third kappa shape index (κ3) is 1.50. The molecule has 2 bridgehead atoms. The lowest BCUT2D eigenvalue weighted by atomic mass is 9.82. The molecule has 16 heavy (non-hydrogen) atoms. The SMILES string of the molecule is C[N+]1(C)C[C@H]2C[C@@H](C1)c1cccc(=O)n1C2. The highest BCUT2D eigenvalue weighted by Gasteiger charge is 2.39.